The van der Waals surface area contributed by atoms with Crippen LogP contribution in [0.5, 0.6) is 0 Å². The molecule has 0 aliphatic heterocycles. The number of benzene rings is 1. The van der Waals surface area contributed by atoms with Crippen molar-refractivity contribution < 1.29 is 9.53 Å². The second-order valence-electron chi connectivity index (χ2n) is 5.24. The van der Waals surface area contributed by atoms with Gasteiger partial charge in [-0.05, 0) is 18.4 Å². The van der Waals surface area contributed by atoms with Crippen molar-refractivity contribution in [3.63, 3.8) is 0 Å². The van der Waals surface area contributed by atoms with E-state index >= 15 is 0 Å². The number of nitrogens with one attached hydrogen (secondary N) is 1. The predicted octanol–water partition coefficient (Wildman–Crippen LogP) is 2.69. The summed E-state index contributed by atoms with van der Waals surface area (Å²) in [5.41, 5.74) is 0.985. The summed E-state index contributed by atoms with van der Waals surface area (Å²) >= 11 is 0. The highest BCUT2D eigenvalue weighted by molar-refractivity contribution is 5.67. The molecule has 0 unspecified atom stereocenters. The number of hydrogen-bond acceptors (Lipinski definition) is 3. The van der Waals surface area contributed by atoms with Crippen molar-refractivity contribution in [2.75, 3.05) is 6.54 Å². The van der Waals surface area contributed by atoms with E-state index in [1.807, 2.05) is 42.7 Å². The second-order valence-corrected chi connectivity index (χ2v) is 5.24. The molecule has 0 spiro atoms. The number of aromatic nitrogens is 2. The third kappa shape index (κ3) is 3.84. The van der Waals surface area contributed by atoms with E-state index in [2.05, 4.69) is 14.9 Å². The van der Waals surface area contributed by atoms with Crippen molar-refractivity contribution in [3.05, 3.63) is 54.1 Å². The maximum absolute atomic E-state index is 11.6. The van der Waals surface area contributed by atoms with Crippen LogP contribution in [0.1, 0.15) is 30.1 Å². The summed E-state index contributed by atoms with van der Waals surface area (Å²) in [4.78, 5) is 16.0. The number of ether oxygens (including phenoxy) is 1. The van der Waals surface area contributed by atoms with E-state index in [9.17, 15) is 4.79 Å². The van der Waals surface area contributed by atoms with Crippen LogP contribution >= 0.6 is 0 Å². The number of carbonyl (C=O) groups is 1. The van der Waals surface area contributed by atoms with Crippen molar-refractivity contribution in [1.29, 1.82) is 0 Å². The fourth-order valence-corrected chi connectivity index (χ4v) is 2.26. The average molecular weight is 285 g/mol. The largest absolute Gasteiger partial charge is 0.445 e. The number of alkyl carbamates (subject to hydrolysis) is 1. The van der Waals surface area contributed by atoms with E-state index in [4.69, 9.17) is 4.74 Å². The van der Waals surface area contributed by atoms with Gasteiger partial charge in [0, 0.05) is 31.4 Å². The van der Waals surface area contributed by atoms with E-state index in [1.54, 1.807) is 0 Å². The third-order valence-corrected chi connectivity index (χ3v) is 3.52. The van der Waals surface area contributed by atoms with Gasteiger partial charge in [0.2, 0.25) is 0 Å². The molecule has 0 radical (unpaired) electrons. The Morgan fingerprint density at radius 1 is 1.33 bits per heavy atom. The van der Waals surface area contributed by atoms with Gasteiger partial charge in [-0.25, -0.2) is 9.78 Å². The summed E-state index contributed by atoms with van der Waals surface area (Å²) < 4.78 is 7.27. The summed E-state index contributed by atoms with van der Waals surface area (Å²) in [5.74, 6) is 1.75. The Labute approximate surface area is 124 Å². The number of nitrogens with zero attached hydrogens (tertiary/aromatic N) is 2. The molecular weight excluding hydrogens is 266 g/mol. The summed E-state index contributed by atoms with van der Waals surface area (Å²) in [6.45, 7) is 1.57. The molecule has 3 rings (SSSR count). The average Bonchev–Trinajstić information content (AvgIpc) is 3.26. The van der Waals surface area contributed by atoms with Crippen LogP contribution in [0.4, 0.5) is 4.79 Å². The maximum Gasteiger partial charge on any atom is 0.407 e. The zero-order chi connectivity index (χ0) is 14.5. The van der Waals surface area contributed by atoms with Gasteiger partial charge in [-0.3, -0.25) is 0 Å². The molecule has 1 amide bonds. The van der Waals surface area contributed by atoms with E-state index in [1.165, 1.54) is 12.8 Å². The summed E-state index contributed by atoms with van der Waals surface area (Å²) in [6.07, 6.45) is 5.85. The summed E-state index contributed by atoms with van der Waals surface area (Å²) in [5, 5.41) is 2.77. The van der Waals surface area contributed by atoms with Crippen molar-refractivity contribution in [2.45, 2.75) is 31.9 Å². The SMILES string of the molecule is O=C(NCCn1ccnc1C1CC1)OCc1ccccc1. The Bertz CT molecular complexity index is 591. The minimum absolute atomic E-state index is 0.297. The van der Waals surface area contributed by atoms with Crippen LogP contribution in [-0.2, 0) is 17.9 Å². The van der Waals surface area contributed by atoms with Gasteiger partial charge in [0.1, 0.15) is 12.4 Å². The molecule has 0 atom stereocenters. The van der Waals surface area contributed by atoms with Crippen molar-refractivity contribution in [1.82, 2.24) is 14.9 Å². The first-order valence-electron chi connectivity index (χ1n) is 7.28. The molecule has 1 aliphatic rings. The smallest absolute Gasteiger partial charge is 0.407 e. The van der Waals surface area contributed by atoms with Crippen LogP contribution in [0.3, 0.4) is 0 Å². The number of rotatable bonds is 6. The van der Waals surface area contributed by atoms with Gasteiger partial charge in [-0.1, -0.05) is 30.3 Å². The zero-order valence-electron chi connectivity index (χ0n) is 11.9. The lowest BCUT2D eigenvalue weighted by Gasteiger charge is -2.09. The molecule has 21 heavy (non-hydrogen) atoms. The summed E-state index contributed by atoms with van der Waals surface area (Å²) in [7, 11) is 0. The fraction of sp³-hybridized carbons (Fsp3) is 0.375. The van der Waals surface area contributed by atoms with Crippen molar-refractivity contribution >= 4 is 6.09 Å². The van der Waals surface area contributed by atoms with Crippen LogP contribution in [0.25, 0.3) is 0 Å². The number of carbonyl (C=O) groups excluding carboxylic acids is 1. The Kier molecular flexibility index (Phi) is 4.19. The fourth-order valence-electron chi connectivity index (χ4n) is 2.26. The molecule has 1 saturated carbocycles. The van der Waals surface area contributed by atoms with Crippen LogP contribution < -0.4 is 5.32 Å². The van der Waals surface area contributed by atoms with Gasteiger partial charge < -0.3 is 14.6 Å². The molecule has 1 aromatic heterocycles. The number of amides is 1. The molecule has 5 nitrogen and oxygen atoms in total. The molecule has 2 aromatic rings. The molecule has 0 saturated heterocycles. The number of imidazole rings is 1. The van der Waals surface area contributed by atoms with Gasteiger partial charge >= 0.3 is 6.09 Å². The van der Waals surface area contributed by atoms with Gasteiger partial charge in [0.05, 0.1) is 0 Å². The molecule has 1 aromatic carbocycles. The van der Waals surface area contributed by atoms with Crippen LogP contribution in [0, 0.1) is 0 Å². The zero-order valence-corrected chi connectivity index (χ0v) is 11.9. The highest BCUT2D eigenvalue weighted by atomic mass is 16.5. The van der Waals surface area contributed by atoms with E-state index in [0.29, 0.717) is 19.1 Å². The standard InChI is InChI=1S/C16H19N3O2/c20-16(21-12-13-4-2-1-3-5-13)18-9-11-19-10-8-17-15(19)14-6-7-14/h1-5,8,10,14H,6-7,9,11-12H2,(H,18,20). The Morgan fingerprint density at radius 3 is 2.90 bits per heavy atom. The van der Waals surface area contributed by atoms with Gasteiger partial charge in [0.25, 0.3) is 0 Å². The molecule has 1 N–H and O–H groups in total. The monoisotopic (exact) mass is 285 g/mol. The van der Waals surface area contributed by atoms with Gasteiger partial charge in [-0.2, -0.15) is 0 Å². The van der Waals surface area contributed by atoms with Crippen molar-refractivity contribution in [3.8, 4) is 0 Å². The molecule has 1 aliphatic carbocycles. The quantitative estimate of drug-likeness (QED) is 0.887. The Morgan fingerprint density at radius 2 is 2.14 bits per heavy atom. The van der Waals surface area contributed by atoms with E-state index in [-0.39, 0.29) is 6.09 Å². The van der Waals surface area contributed by atoms with Crippen molar-refractivity contribution in [2.24, 2.45) is 0 Å². The molecule has 5 heteroatoms. The van der Waals surface area contributed by atoms with E-state index < -0.39 is 0 Å². The van der Waals surface area contributed by atoms with Crippen LogP contribution in [0.2, 0.25) is 0 Å². The second kappa shape index (κ2) is 6.43. The third-order valence-electron chi connectivity index (χ3n) is 3.52. The molecule has 1 heterocycles. The molecular formula is C16H19N3O2. The minimum Gasteiger partial charge on any atom is -0.445 e. The normalized spacial score (nSPS) is 13.9. The lowest BCUT2D eigenvalue weighted by molar-refractivity contribution is 0.139. The first-order valence-corrected chi connectivity index (χ1v) is 7.28. The topological polar surface area (TPSA) is 56.2 Å². The van der Waals surface area contributed by atoms with Gasteiger partial charge in [0.15, 0.2) is 0 Å². The predicted molar refractivity (Wildman–Crippen MR) is 78.8 cm³/mol. The molecule has 1 fully saturated rings. The highest BCUT2D eigenvalue weighted by Gasteiger charge is 2.27. The lowest BCUT2D eigenvalue weighted by atomic mass is 10.2. The van der Waals surface area contributed by atoms with E-state index in [0.717, 1.165) is 17.9 Å². The maximum atomic E-state index is 11.6. The Hall–Kier alpha value is -2.30. The van der Waals surface area contributed by atoms with Gasteiger partial charge in [-0.15, -0.1) is 0 Å². The minimum atomic E-state index is -0.382. The molecule has 0 bridgehead atoms. The Balaban J connectivity index is 1.39. The van der Waals surface area contributed by atoms with Crippen LogP contribution in [-0.4, -0.2) is 22.2 Å². The first-order chi connectivity index (χ1) is 10.3. The molecule has 110 valence electrons. The first kappa shape index (κ1) is 13.7. The number of hydrogen-bond donors (Lipinski definition) is 1. The summed E-state index contributed by atoms with van der Waals surface area (Å²) in [6, 6.07) is 9.65. The highest BCUT2D eigenvalue weighted by Crippen LogP contribution is 2.38. The lowest BCUT2D eigenvalue weighted by Crippen LogP contribution is -2.28. The van der Waals surface area contributed by atoms with Crippen LogP contribution in [0.15, 0.2) is 42.7 Å².